The molecule has 4 aliphatic rings. The lowest BCUT2D eigenvalue weighted by molar-refractivity contribution is -0.0456. The van der Waals surface area contributed by atoms with Crippen molar-refractivity contribution in [2.45, 2.75) is 45.1 Å². The zero-order valence-electron chi connectivity index (χ0n) is 11.9. The van der Waals surface area contributed by atoms with Gasteiger partial charge in [0.1, 0.15) is 0 Å². The third-order valence-electron chi connectivity index (χ3n) is 5.92. The molecule has 1 atom stereocenters. The summed E-state index contributed by atoms with van der Waals surface area (Å²) < 4.78 is 0. The largest absolute Gasteiger partial charge is 0.313 e. The Morgan fingerprint density at radius 1 is 1.00 bits per heavy atom. The highest BCUT2D eigenvalue weighted by molar-refractivity contribution is 5.30. The van der Waals surface area contributed by atoms with Crippen molar-refractivity contribution in [3.8, 4) is 0 Å². The number of hydrogen-bond acceptors (Lipinski definition) is 1. The van der Waals surface area contributed by atoms with E-state index in [0.717, 1.165) is 35.2 Å². The maximum Gasteiger partial charge on any atom is 0.0347 e. The van der Waals surface area contributed by atoms with Gasteiger partial charge in [0.25, 0.3) is 0 Å². The van der Waals surface area contributed by atoms with E-state index in [1.165, 1.54) is 37.7 Å². The summed E-state index contributed by atoms with van der Waals surface area (Å²) in [5.74, 6) is 4.84. The van der Waals surface area contributed by atoms with Gasteiger partial charge in [-0.1, -0.05) is 18.7 Å². The lowest BCUT2D eigenvalue weighted by Crippen LogP contribution is -2.53. The molecule has 4 rings (SSSR count). The highest BCUT2D eigenvalue weighted by atomic mass is 14.9. The fourth-order valence-electron chi connectivity index (χ4n) is 5.38. The predicted octanol–water partition coefficient (Wildman–Crippen LogP) is 3.78. The molecule has 4 aliphatic carbocycles. The third kappa shape index (κ3) is 1.87. The minimum atomic E-state index is 0.470. The van der Waals surface area contributed by atoms with E-state index in [9.17, 15) is 0 Å². The molecule has 0 heterocycles. The Kier molecular flexibility index (Phi) is 3.13. The average Bonchev–Trinajstić information content (AvgIpc) is 2.32. The van der Waals surface area contributed by atoms with Crippen molar-refractivity contribution in [1.29, 1.82) is 0 Å². The van der Waals surface area contributed by atoms with Gasteiger partial charge >= 0.3 is 0 Å². The summed E-state index contributed by atoms with van der Waals surface area (Å²) in [5, 5.41) is 3.55. The molecule has 1 unspecified atom stereocenters. The number of hydrogen-bond donors (Lipinski definition) is 1. The Morgan fingerprint density at radius 2 is 1.50 bits per heavy atom. The van der Waals surface area contributed by atoms with E-state index >= 15 is 0 Å². The molecule has 100 valence electrons. The van der Waals surface area contributed by atoms with Crippen LogP contribution in [0.3, 0.4) is 0 Å². The van der Waals surface area contributed by atoms with Crippen molar-refractivity contribution in [2.24, 2.45) is 29.6 Å². The van der Waals surface area contributed by atoms with E-state index in [0.29, 0.717) is 6.04 Å². The monoisotopic (exact) mass is 245 g/mol. The van der Waals surface area contributed by atoms with Gasteiger partial charge in [0.2, 0.25) is 0 Å². The topological polar surface area (TPSA) is 12.0 Å². The van der Waals surface area contributed by atoms with Gasteiger partial charge in [-0.15, -0.1) is 0 Å². The van der Waals surface area contributed by atoms with Gasteiger partial charge in [0.05, 0.1) is 0 Å². The minimum absolute atomic E-state index is 0.470. The lowest BCUT2D eigenvalue weighted by atomic mass is 9.50. The summed E-state index contributed by atoms with van der Waals surface area (Å²) in [5.41, 5.74) is 2.40. The van der Waals surface area contributed by atoms with E-state index in [4.69, 9.17) is 0 Å². The molecule has 4 saturated carbocycles. The molecule has 1 heteroatoms. The number of nitrogens with one attached hydrogen (secondary N) is 1. The molecule has 4 bridgehead atoms. The molecule has 0 aromatic carbocycles. The Bertz CT molecular complexity index is 340. The molecule has 0 aliphatic heterocycles. The number of rotatable bonds is 4. The Balaban J connectivity index is 1.82. The van der Waals surface area contributed by atoms with Gasteiger partial charge in [0.15, 0.2) is 0 Å². The van der Waals surface area contributed by atoms with Crippen LogP contribution in [0.15, 0.2) is 24.3 Å². The van der Waals surface area contributed by atoms with E-state index in [1.54, 1.807) is 0 Å². The Labute approximate surface area is 112 Å². The standard InChI is InChI=1S/C17H27N/c1-10(2)11(3)17(18-4)16-14-6-12-5-13(8-14)9-15(16)7-12/h12-18H,1,3,5-9H2,2,4H3. The average molecular weight is 245 g/mol. The first-order valence-corrected chi connectivity index (χ1v) is 7.62. The molecule has 0 saturated heterocycles. The molecule has 18 heavy (non-hydrogen) atoms. The van der Waals surface area contributed by atoms with Crippen LogP contribution in [0.25, 0.3) is 0 Å². The Hall–Kier alpha value is -0.560. The maximum absolute atomic E-state index is 4.30. The summed E-state index contributed by atoms with van der Waals surface area (Å²) >= 11 is 0. The summed E-state index contributed by atoms with van der Waals surface area (Å²) in [4.78, 5) is 0. The molecule has 1 N–H and O–H groups in total. The van der Waals surface area contributed by atoms with Crippen molar-refractivity contribution in [3.63, 3.8) is 0 Å². The molecule has 0 aromatic heterocycles. The van der Waals surface area contributed by atoms with E-state index in [2.05, 4.69) is 32.4 Å². The van der Waals surface area contributed by atoms with Crippen LogP contribution in [0.4, 0.5) is 0 Å². The molecule has 4 fully saturated rings. The highest BCUT2D eigenvalue weighted by Crippen LogP contribution is 2.57. The van der Waals surface area contributed by atoms with Crippen molar-refractivity contribution in [3.05, 3.63) is 24.3 Å². The molecule has 0 aromatic rings. The first-order chi connectivity index (χ1) is 8.60. The van der Waals surface area contributed by atoms with Gasteiger partial charge < -0.3 is 5.32 Å². The van der Waals surface area contributed by atoms with Crippen LogP contribution in [0, 0.1) is 29.6 Å². The van der Waals surface area contributed by atoms with Gasteiger partial charge in [-0.05, 0) is 81.2 Å². The van der Waals surface area contributed by atoms with Gasteiger partial charge in [-0.3, -0.25) is 0 Å². The van der Waals surface area contributed by atoms with Crippen LogP contribution < -0.4 is 5.32 Å². The molecule has 1 nitrogen and oxygen atoms in total. The van der Waals surface area contributed by atoms with Crippen molar-refractivity contribution in [2.75, 3.05) is 7.05 Å². The molecule has 0 spiro atoms. The minimum Gasteiger partial charge on any atom is -0.313 e. The fraction of sp³-hybridized carbons (Fsp3) is 0.765. The van der Waals surface area contributed by atoms with Gasteiger partial charge in [0, 0.05) is 6.04 Å². The van der Waals surface area contributed by atoms with E-state index in [-0.39, 0.29) is 0 Å². The SMILES string of the molecule is C=C(C)C(=C)C(NC)C1C2CC3CC(C2)CC1C3. The van der Waals surface area contributed by atoms with E-state index < -0.39 is 0 Å². The summed E-state index contributed by atoms with van der Waals surface area (Å²) in [6, 6.07) is 0.470. The predicted molar refractivity (Wildman–Crippen MR) is 77.3 cm³/mol. The Morgan fingerprint density at radius 3 is 1.89 bits per heavy atom. The summed E-state index contributed by atoms with van der Waals surface area (Å²) in [6.45, 7) is 10.5. The van der Waals surface area contributed by atoms with Crippen molar-refractivity contribution in [1.82, 2.24) is 5.32 Å². The second-order valence-corrected chi connectivity index (χ2v) is 7.08. The van der Waals surface area contributed by atoms with Crippen LogP contribution in [-0.4, -0.2) is 13.1 Å². The second kappa shape index (κ2) is 4.52. The molecule has 0 radical (unpaired) electrons. The lowest BCUT2D eigenvalue weighted by Gasteiger charge is -2.56. The highest BCUT2D eigenvalue weighted by Gasteiger charge is 2.50. The zero-order chi connectivity index (χ0) is 12.9. The van der Waals surface area contributed by atoms with Crippen LogP contribution >= 0.6 is 0 Å². The fourth-order valence-corrected chi connectivity index (χ4v) is 5.38. The van der Waals surface area contributed by atoms with Crippen LogP contribution in [-0.2, 0) is 0 Å². The summed E-state index contributed by atoms with van der Waals surface area (Å²) in [7, 11) is 2.10. The van der Waals surface area contributed by atoms with Crippen LogP contribution in [0.1, 0.15) is 39.0 Å². The maximum atomic E-state index is 4.30. The quantitative estimate of drug-likeness (QED) is 0.743. The third-order valence-corrected chi connectivity index (χ3v) is 5.92. The first kappa shape index (κ1) is 12.5. The van der Waals surface area contributed by atoms with Crippen molar-refractivity contribution < 1.29 is 0 Å². The van der Waals surface area contributed by atoms with Crippen LogP contribution in [0.5, 0.6) is 0 Å². The van der Waals surface area contributed by atoms with Gasteiger partial charge in [-0.25, -0.2) is 0 Å². The van der Waals surface area contributed by atoms with Crippen molar-refractivity contribution >= 4 is 0 Å². The molecule has 0 amide bonds. The molecular formula is C17H27N. The smallest absolute Gasteiger partial charge is 0.0347 e. The van der Waals surface area contributed by atoms with E-state index in [1.807, 2.05) is 0 Å². The first-order valence-electron chi connectivity index (χ1n) is 7.62. The normalized spacial score (nSPS) is 42.9. The number of likely N-dealkylation sites (N-methyl/N-ethyl adjacent to an activating group) is 1. The van der Waals surface area contributed by atoms with Crippen LogP contribution in [0.2, 0.25) is 0 Å². The zero-order valence-corrected chi connectivity index (χ0v) is 11.9. The van der Waals surface area contributed by atoms with Gasteiger partial charge in [-0.2, -0.15) is 0 Å². The summed E-state index contributed by atoms with van der Waals surface area (Å²) in [6.07, 6.45) is 7.47. The molecular weight excluding hydrogens is 218 g/mol. The second-order valence-electron chi connectivity index (χ2n) is 7.08.